The van der Waals surface area contributed by atoms with Gasteiger partial charge in [-0.15, -0.1) is 0 Å². The van der Waals surface area contributed by atoms with Crippen molar-refractivity contribution in [2.75, 3.05) is 13.2 Å². The number of nitrogens with zero attached hydrogens (tertiary/aromatic N) is 1. The summed E-state index contributed by atoms with van der Waals surface area (Å²) in [5, 5.41) is 13.4. The van der Waals surface area contributed by atoms with Crippen LogP contribution in [0.3, 0.4) is 0 Å². The molecule has 5 rings (SSSR count). The first-order valence-electron chi connectivity index (χ1n) is 12.7. The first-order chi connectivity index (χ1) is 17.9. The molecule has 2 bridgehead atoms. The lowest BCUT2D eigenvalue weighted by Crippen LogP contribution is -2.58. The Bertz CT molecular complexity index is 1150. The molecule has 1 spiro atoms. The minimum Gasteiger partial charge on any atom is -0.466 e. The third-order valence-corrected chi connectivity index (χ3v) is 8.61. The molecule has 0 saturated carbocycles. The molecule has 2 aromatic rings. The number of carbonyl (C=O) groups excluding carboxylic acids is 3. The molecule has 7 atom stereocenters. The largest absolute Gasteiger partial charge is 0.466 e. The number of rotatable bonds is 9. The lowest BCUT2D eigenvalue weighted by atomic mass is 9.70. The Morgan fingerprint density at radius 2 is 1.81 bits per heavy atom. The van der Waals surface area contributed by atoms with Crippen LogP contribution in [0.15, 0.2) is 60.7 Å². The summed E-state index contributed by atoms with van der Waals surface area (Å²) in [6.07, 6.45) is 0.189. The molecule has 2 N–H and O–H groups in total. The number of carbonyl (C=O) groups is 3. The number of likely N-dealkylation sites (tertiary alicyclic amines) is 1. The Hall–Kier alpha value is -2.75. The number of esters is 1. The second-order valence-corrected chi connectivity index (χ2v) is 11.1. The van der Waals surface area contributed by atoms with Gasteiger partial charge in [-0.1, -0.05) is 76.6 Å². The van der Waals surface area contributed by atoms with Crippen molar-refractivity contribution in [2.24, 2.45) is 11.8 Å². The van der Waals surface area contributed by atoms with E-state index >= 15 is 0 Å². The summed E-state index contributed by atoms with van der Waals surface area (Å²) in [6, 6.07) is 17.4. The number of amides is 2. The quantitative estimate of drug-likeness (QED) is 0.354. The van der Waals surface area contributed by atoms with E-state index in [9.17, 15) is 19.5 Å². The number of halogens is 1. The molecule has 0 aliphatic carbocycles. The monoisotopic (exact) mass is 570 g/mol. The fraction of sp³-hybridized carbons (Fsp3) is 0.464. The summed E-state index contributed by atoms with van der Waals surface area (Å²) >= 11 is 3.64. The van der Waals surface area contributed by atoms with Crippen molar-refractivity contribution in [3.63, 3.8) is 0 Å². The zero-order chi connectivity index (χ0) is 26.2. The minimum atomic E-state index is -1.20. The van der Waals surface area contributed by atoms with E-state index in [2.05, 4.69) is 21.2 Å². The summed E-state index contributed by atoms with van der Waals surface area (Å²) in [6.45, 7) is 1.85. The maximum absolute atomic E-state index is 14.1. The zero-order valence-electron chi connectivity index (χ0n) is 20.6. The van der Waals surface area contributed by atoms with E-state index in [1.54, 1.807) is 6.92 Å². The number of ether oxygens (including phenoxy) is 2. The number of nitrogens with one attached hydrogen (secondary N) is 1. The van der Waals surface area contributed by atoms with Gasteiger partial charge in [0.25, 0.3) is 0 Å². The van der Waals surface area contributed by atoms with Gasteiger partial charge >= 0.3 is 5.97 Å². The van der Waals surface area contributed by atoms with Gasteiger partial charge in [0.15, 0.2) is 0 Å². The number of benzene rings is 2. The maximum atomic E-state index is 14.1. The van der Waals surface area contributed by atoms with E-state index in [0.717, 1.165) is 11.1 Å². The summed E-state index contributed by atoms with van der Waals surface area (Å²) in [5.41, 5.74) is 0.652. The average molecular weight is 571 g/mol. The van der Waals surface area contributed by atoms with Gasteiger partial charge in [-0.3, -0.25) is 14.4 Å². The van der Waals surface area contributed by atoms with Crippen molar-refractivity contribution in [3.8, 4) is 0 Å². The molecular formula is C28H31BrN2O6. The topological polar surface area (TPSA) is 105 Å². The molecule has 37 heavy (non-hydrogen) atoms. The molecule has 1 unspecified atom stereocenters. The predicted octanol–water partition coefficient (Wildman–Crippen LogP) is 2.22. The van der Waals surface area contributed by atoms with Gasteiger partial charge in [-0.05, 0) is 30.9 Å². The van der Waals surface area contributed by atoms with Crippen LogP contribution in [0.25, 0.3) is 0 Å². The lowest BCUT2D eigenvalue weighted by molar-refractivity contribution is -0.155. The standard InChI is InChI=1S/C28H31BrN2O6/c1-2-36-27(35)21-22-26(34)31(19(16-32)13-17-9-5-3-6-10-17)24(28(22)14-20(29)23(21)37-28)25(33)30-15-18-11-7-4-8-12-18/h3-12,19-24,32H,2,13-16H2,1H3,(H,30,33)/t19-,20?,21-,22+,23-,24-,28+/m1/s1. The maximum Gasteiger partial charge on any atom is 0.312 e. The van der Waals surface area contributed by atoms with Gasteiger partial charge in [0.2, 0.25) is 11.8 Å². The molecule has 9 heteroatoms. The van der Waals surface area contributed by atoms with Crippen LogP contribution >= 0.6 is 15.9 Å². The summed E-state index contributed by atoms with van der Waals surface area (Å²) < 4.78 is 11.8. The lowest BCUT2D eigenvalue weighted by Gasteiger charge is -2.37. The van der Waals surface area contributed by atoms with Crippen molar-refractivity contribution in [1.29, 1.82) is 0 Å². The number of hydrogen-bond donors (Lipinski definition) is 2. The van der Waals surface area contributed by atoms with Crippen molar-refractivity contribution >= 4 is 33.7 Å². The van der Waals surface area contributed by atoms with Crippen LogP contribution in [0.4, 0.5) is 0 Å². The van der Waals surface area contributed by atoms with Gasteiger partial charge in [0, 0.05) is 11.4 Å². The van der Waals surface area contributed by atoms with Crippen LogP contribution < -0.4 is 5.32 Å². The third kappa shape index (κ3) is 4.47. The molecule has 2 amide bonds. The summed E-state index contributed by atoms with van der Waals surface area (Å²) in [7, 11) is 0. The molecule has 0 aromatic heterocycles. The Kier molecular flexibility index (Phi) is 7.38. The fourth-order valence-corrected chi connectivity index (χ4v) is 7.23. The molecule has 8 nitrogen and oxygen atoms in total. The van der Waals surface area contributed by atoms with E-state index in [4.69, 9.17) is 9.47 Å². The van der Waals surface area contributed by atoms with E-state index in [-0.39, 0.29) is 36.4 Å². The number of aliphatic hydroxyl groups excluding tert-OH is 1. The highest BCUT2D eigenvalue weighted by Gasteiger charge is 2.77. The molecule has 2 aromatic carbocycles. The Labute approximate surface area is 224 Å². The number of hydrogen-bond acceptors (Lipinski definition) is 6. The van der Waals surface area contributed by atoms with Gasteiger partial charge < -0.3 is 24.8 Å². The molecule has 3 aliphatic heterocycles. The van der Waals surface area contributed by atoms with Crippen LogP contribution in [0.1, 0.15) is 24.5 Å². The van der Waals surface area contributed by atoms with E-state index < -0.39 is 41.6 Å². The van der Waals surface area contributed by atoms with Gasteiger partial charge in [-0.25, -0.2) is 0 Å². The van der Waals surface area contributed by atoms with Crippen molar-refractivity contribution in [2.45, 2.75) is 54.9 Å². The highest BCUT2D eigenvalue weighted by molar-refractivity contribution is 9.09. The summed E-state index contributed by atoms with van der Waals surface area (Å²) in [5.74, 6) is -2.89. The van der Waals surface area contributed by atoms with Crippen molar-refractivity contribution < 1.29 is 29.0 Å². The minimum absolute atomic E-state index is 0.181. The average Bonchev–Trinajstić information content (AvgIpc) is 3.50. The van der Waals surface area contributed by atoms with Gasteiger partial charge in [0.1, 0.15) is 11.6 Å². The van der Waals surface area contributed by atoms with Gasteiger partial charge in [-0.2, -0.15) is 0 Å². The number of alkyl halides is 1. The Morgan fingerprint density at radius 3 is 2.43 bits per heavy atom. The van der Waals surface area contributed by atoms with E-state index in [1.807, 2.05) is 60.7 Å². The Balaban J connectivity index is 1.52. The van der Waals surface area contributed by atoms with Crippen molar-refractivity contribution in [1.82, 2.24) is 10.2 Å². The molecule has 3 heterocycles. The molecular weight excluding hydrogens is 540 g/mol. The van der Waals surface area contributed by atoms with Crippen LogP contribution in [0.2, 0.25) is 0 Å². The molecule has 3 saturated heterocycles. The molecule has 3 aliphatic rings. The van der Waals surface area contributed by atoms with E-state index in [1.165, 1.54) is 4.90 Å². The molecule has 196 valence electrons. The highest BCUT2D eigenvalue weighted by Crippen LogP contribution is 2.60. The SMILES string of the molecule is CCOC(=O)[C@H]1[C@@H]2O[C@@]3(CC2Br)[C@@H]1C(=O)N([C@@H](CO)Cc1ccccc1)[C@@H]3C(=O)NCc1ccccc1. The van der Waals surface area contributed by atoms with E-state index in [0.29, 0.717) is 12.8 Å². The fourth-order valence-electron chi connectivity index (χ4n) is 6.29. The first kappa shape index (κ1) is 25.9. The smallest absolute Gasteiger partial charge is 0.312 e. The number of aliphatic hydroxyl groups is 1. The predicted molar refractivity (Wildman–Crippen MR) is 138 cm³/mol. The van der Waals surface area contributed by atoms with Crippen LogP contribution in [-0.2, 0) is 36.8 Å². The zero-order valence-corrected chi connectivity index (χ0v) is 22.2. The Morgan fingerprint density at radius 1 is 1.16 bits per heavy atom. The van der Waals surface area contributed by atoms with Gasteiger partial charge in [0.05, 0.1) is 37.2 Å². The second kappa shape index (κ2) is 10.6. The molecule has 0 radical (unpaired) electrons. The van der Waals surface area contributed by atoms with Crippen LogP contribution in [0, 0.1) is 11.8 Å². The highest BCUT2D eigenvalue weighted by atomic mass is 79.9. The first-order valence-corrected chi connectivity index (χ1v) is 13.6. The third-order valence-electron chi connectivity index (χ3n) is 7.76. The van der Waals surface area contributed by atoms with Crippen molar-refractivity contribution in [3.05, 3.63) is 71.8 Å². The molecule has 3 fully saturated rings. The normalized spacial score (nSPS) is 30.7. The second-order valence-electron chi connectivity index (χ2n) is 9.89. The summed E-state index contributed by atoms with van der Waals surface area (Å²) in [4.78, 5) is 42.3. The van der Waals surface area contributed by atoms with Crippen LogP contribution in [-0.4, -0.2) is 69.6 Å². The van der Waals surface area contributed by atoms with Crippen LogP contribution in [0.5, 0.6) is 0 Å². The number of fused-ring (bicyclic) bond motifs is 1.